The van der Waals surface area contributed by atoms with E-state index in [0.29, 0.717) is 0 Å². The van der Waals surface area contributed by atoms with E-state index in [9.17, 15) is 0 Å². The third-order valence-corrected chi connectivity index (χ3v) is 3.05. The van der Waals surface area contributed by atoms with E-state index in [-0.39, 0.29) is 6.10 Å². The third-order valence-electron chi connectivity index (χ3n) is 3.05. The molecule has 0 aliphatic carbocycles. The lowest BCUT2D eigenvalue weighted by molar-refractivity contribution is 0.0372. The Morgan fingerprint density at radius 1 is 1.32 bits per heavy atom. The molecule has 3 rings (SSSR count). The van der Waals surface area contributed by atoms with Gasteiger partial charge in [-0.3, -0.25) is 0 Å². The summed E-state index contributed by atoms with van der Waals surface area (Å²) < 4.78 is 5.60. The van der Waals surface area contributed by atoms with Crippen molar-refractivity contribution >= 4 is 5.82 Å². The number of hydrogen-bond acceptors (Lipinski definition) is 5. The summed E-state index contributed by atoms with van der Waals surface area (Å²) in [6.45, 7) is 3.31. The standard InChI is InChI=1S/C13H17N5O/c1-2-11(15-5-1)12-3-4-13(18-17-12)16-9-10-8-14-6-7-19-10/h1-5,10,14-15H,6-9H2,(H,16,18). The molecule has 6 nitrogen and oxygen atoms in total. The summed E-state index contributed by atoms with van der Waals surface area (Å²) in [5, 5.41) is 14.9. The number of morpholine rings is 1. The maximum atomic E-state index is 5.60. The number of rotatable bonds is 4. The van der Waals surface area contributed by atoms with Crippen molar-refractivity contribution in [2.75, 3.05) is 31.6 Å². The molecule has 0 radical (unpaired) electrons. The Morgan fingerprint density at radius 3 is 3.00 bits per heavy atom. The van der Waals surface area contributed by atoms with E-state index in [2.05, 4.69) is 25.8 Å². The van der Waals surface area contributed by atoms with Crippen LogP contribution in [0, 0.1) is 0 Å². The Morgan fingerprint density at radius 2 is 2.32 bits per heavy atom. The molecule has 6 heteroatoms. The first-order valence-electron chi connectivity index (χ1n) is 6.45. The van der Waals surface area contributed by atoms with Gasteiger partial charge in [0.2, 0.25) is 0 Å². The van der Waals surface area contributed by atoms with Crippen LogP contribution in [0.2, 0.25) is 0 Å². The van der Waals surface area contributed by atoms with Gasteiger partial charge < -0.3 is 20.4 Å². The van der Waals surface area contributed by atoms with Crippen LogP contribution in [0.25, 0.3) is 11.4 Å². The van der Waals surface area contributed by atoms with Gasteiger partial charge in [-0.25, -0.2) is 0 Å². The Bertz CT molecular complexity index is 490. The monoisotopic (exact) mass is 259 g/mol. The van der Waals surface area contributed by atoms with E-state index >= 15 is 0 Å². The topological polar surface area (TPSA) is 74.9 Å². The summed E-state index contributed by atoms with van der Waals surface area (Å²) in [6, 6.07) is 7.79. The molecule has 1 saturated heterocycles. The summed E-state index contributed by atoms with van der Waals surface area (Å²) in [6.07, 6.45) is 2.06. The second-order valence-corrected chi connectivity index (χ2v) is 4.47. The third kappa shape index (κ3) is 3.10. The second kappa shape index (κ2) is 5.81. The first-order valence-corrected chi connectivity index (χ1v) is 6.45. The molecule has 3 heterocycles. The SMILES string of the molecule is c1c[nH]c(-c2ccc(NCC3CNCCO3)nn2)c1. The average Bonchev–Trinajstić information content (AvgIpc) is 3.01. The van der Waals surface area contributed by atoms with Crippen LogP contribution >= 0.6 is 0 Å². The molecule has 0 aromatic carbocycles. The van der Waals surface area contributed by atoms with Crippen LogP contribution in [-0.2, 0) is 4.74 Å². The van der Waals surface area contributed by atoms with Gasteiger partial charge in [0.05, 0.1) is 18.4 Å². The van der Waals surface area contributed by atoms with Gasteiger partial charge in [-0.15, -0.1) is 10.2 Å². The lowest BCUT2D eigenvalue weighted by atomic mass is 10.3. The zero-order chi connectivity index (χ0) is 12.9. The fraction of sp³-hybridized carbons (Fsp3) is 0.385. The Labute approximate surface area is 111 Å². The van der Waals surface area contributed by atoms with E-state index in [0.717, 1.165) is 43.4 Å². The maximum Gasteiger partial charge on any atom is 0.148 e. The van der Waals surface area contributed by atoms with Crippen LogP contribution in [0.5, 0.6) is 0 Å². The fourth-order valence-electron chi connectivity index (χ4n) is 2.03. The van der Waals surface area contributed by atoms with Crippen LogP contribution < -0.4 is 10.6 Å². The highest BCUT2D eigenvalue weighted by Gasteiger charge is 2.12. The van der Waals surface area contributed by atoms with E-state index < -0.39 is 0 Å². The molecule has 100 valence electrons. The normalized spacial score (nSPS) is 19.3. The zero-order valence-corrected chi connectivity index (χ0v) is 10.6. The lowest BCUT2D eigenvalue weighted by Crippen LogP contribution is -2.42. The number of aromatic nitrogens is 3. The van der Waals surface area contributed by atoms with E-state index in [4.69, 9.17) is 4.74 Å². The highest BCUT2D eigenvalue weighted by atomic mass is 16.5. The molecule has 1 aliphatic rings. The first-order chi connectivity index (χ1) is 9.42. The van der Waals surface area contributed by atoms with Crippen LogP contribution in [0.15, 0.2) is 30.5 Å². The van der Waals surface area contributed by atoms with E-state index in [1.165, 1.54) is 0 Å². The molecule has 1 aliphatic heterocycles. The molecule has 0 saturated carbocycles. The summed E-state index contributed by atoms with van der Waals surface area (Å²) >= 11 is 0. The second-order valence-electron chi connectivity index (χ2n) is 4.47. The Balaban J connectivity index is 1.57. The van der Waals surface area contributed by atoms with Crippen molar-refractivity contribution in [3.8, 4) is 11.4 Å². The van der Waals surface area contributed by atoms with Gasteiger partial charge in [0.25, 0.3) is 0 Å². The molecule has 0 spiro atoms. The van der Waals surface area contributed by atoms with Gasteiger partial charge in [0, 0.05) is 25.8 Å². The summed E-state index contributed by atoms with van der Waals surface area (Å²) in [5.74, 6) is 0.768. The molecule has 1 fully saturated rings. The average molecular weight is 259 g/mol. The van der Waals surface area contributed by atoms with E-state index in [1.54, 1.807) is 0 Å². The van der Waals surface area contributed by atoms with Gasteiger partial charge in [0.15, 0.2) is 0 Å². The molecule has 0 bridgehead atoms. The van der Waals surface area contributed by atoms with Crippen LogP contribution in [-0.4, -0.2) is 47.5 Å². The fourth-order valence-corrected chi connectivity index (χ4v) is 2.03. The number of nitrogens with one attached hydrogen (secondary N) is 3. The lowest BCUT2D eigenvalue weighted by Gasteiger charge is -2.23. The van der Waals surface area contributed by atoms with Gasteiger partial charge in [-0.2, -0.15) is 0 Å². The zero-order valence-electron chi connectivity index (χ0n) is 10.6. The van der Waals surface area contributed by atoms with Crippen molar-refractivity contribution in [2.24, 2.45) is 0 Å². The number of nitrogens with zero attached hydrogens (tertiary/aromatic N) is 2. The van der Waals surface area contributed by atoms with Crippen molar-refractivity contribution in [1.29, 1.82) is 0 Å². The van der Waals surface area contributed by atoms with Crippen LogP contribution in [0.3, 0.4) is 0 Å². The largest absolute Gasteiger partial charge is 0.374 e. The molecule has 2 aromatic heterocycles. The maximum absolute atomic E-state index is 5.60. The number of aromatic amines is 1. The van der Waals surface area contributed by atoms with Gasteiger partial charge >= 0.3 is 0 Å². The first kappa shape index (κ1) is 12.1. The van der Waals surface area contributed by atoms with Crippen molar-refractivity contribution in [3.05, 3.63) is 30.5 Å². The summed E-state index contributed by atoms with van der Waals surface area (Å²) in [5.41, 5.74) is 1.81. The molecule has 2 aromatic rings. The van der Waals surface area contributed by atoms with E-state index in [1.807, 2.05) is 30.5 Å². The molecule has 1 unspecified atom stereocenters. The summed E-state index contributed by atoms with van der Waals surface area (Å²) in [7, 11) is 0. The Hall–Kier alpha value is -1.92. The smallest absolute Gasteiger partial charge is 0.148 e. The predicted molar refractivity (Wildman–Crippen MR) is 72.9 cm³/mol. The minimum Gasteiger partial charge on any atom is -0.374 e. The van der Waals surface area contributed by atoms with Crippen molar-refractivity contribution in [1.82, 2.24) is 20.5 Å². The minimum atomic E-state index is 0.193. The van der Waals surface area contributed by atoms with Gasteiger partial charge in [0.1, 0.15) is 11.5 Å². The van der Waals surface area contributed by atoms with Crippen molar-refractivity contribution in [3.63, 3.8) is 0 Å². The van der Waals surface area contributed by atoms with Gasteiger partial charge in [-0.05, 0) is 24.3 Å². The number of hydrogen-bond donors (Lipinski definition) is 3. The number of anilines is 1. The van der Waals surface area contributed by atoms with Crippen LogP contribution in [0.4, 0.5) is 5.82 Å². The molecule has 1 atom stereocenters. The molecular weight excluding hydrogens is 242 g/mol. The molecule has 0 amide bonds. The highest BCUT2D eigenvalue weighted by Crippen LogP contribution is 2.14. The molecule has 19 heavy (non-hydrogen) atoms. The van der Waals surface area contributed by atoms with Crippen LogP contribution in [0.1, 0.15) is 0 Å². The van der Waals surface area contributed by atoms with Crippen molar-refractivity contribution < 1.29 is 4.74 Å². The minimum absolute atomic E-state index is 0.193. The highest BCUT2D eigenvalue weighted by molar-refractivity contribution is 5.54. The number of ether oxygens (including phenoxy) is 1. The molecular formula is C13H17N5O. The van der Waals surface area contributed by atoms with Gasteiger partial charge in [-0.1, -0.05) is 0 Å². The number of H-pyrrole nitrogens is 1. The van der Waals surface area contributed by atoms with Crippen molar-refractivity contribution in [2.45, 2.75) is 6.10 Å². The molecule has 3 N–H and O–H groups in total. The Kier molecular flexibility index (Phi) is 3.71. The predicted octanol–water partition coefficient (Wildman–Crippen LogP) is 0.872. The quantitative estimate of drug-likeness (QED) is 0.759. The summed E-state index contributed by atoms with van der Waals surface area (Å²) in [4.78, 5) is 3.11.